The third-order valence-corrected chi connectivity index (χ3v) is 7.91. The summed E-state index contributed by atoms with van der Waals surface area (Å²) in [5.41, 5.74) is 3.29. The van der Waals surface area contributed by atoms with E-state index in [0.29, 0.717) is 33.4 Å². The van der Waals surface area contributed by atoms with Gasteiger partial charge < -0.3 is 19.3 Å². The van der Waals surface area contributed by atoms with Gasteiger partial charge in [0.15, 0.2) is 17.3 Å². The lowest BCUT2D eigenvalue weighted by molar-refractivity contribution is 0.0249. The Balaban J connectivity index is 1.57. The molecule has 1 saturated carbocycles. The molecule has 3 aromatic heterocycles. The lowest BCUT2D eigenvalue weighted by atomic mass is 9.85. The predicted molar refractivity (Wildman–Crippen MR) is 142 cm³/mol. The number of nitrogens with one attached hydrogen (secondary N) is 2. The van der Waals surface area contributed by atoms with Crippen LogP contribution in [0.2, 0.25) is 5.02 Å². The molecule has 3 aliphatic rings. The van der Waals surface area contributed by atoms with E-state index in [1.807, 2.05) is 16.9 Å². The molecule has 0 spiro atoms. The molecule has 11 nitrogen and oxygen atoms in total. The van der Waals surface area contributed by atoms with Crippen molar-refractivity contribution in [1.82, 2.24) is 29.8 Å². The molecule has 0 saturated heterocycles. The summed E-state index contributed by atoms with van der Waals surface area (Å²) >= 11 is 6.26. The third kappa shape index (κ3) is 4.14. The summed E-state index contributed by atoms with van der Waals surface area (Å²) in [4.78, 5) is 31.9. The minimum atomic E-state index is -1.37. The number of amidine groups is 1. The van der Waals surface area contributed by atoms with Crippen LogP contribution in [0, 0.1) is 11.3 Å². The minimum absolute atomic E-state index is 0.0803. The van der Waals surface area contributed by atoms with Gasteiger partial charge in [-0.05, 0) is 44.6 Å². The second-order valence-electron chi connectivity index (χ2n) is 10.2. The number of carboxylic acid groups (broad SMARTS) is 1. The van der Waals surface area contributed by atoms with Crippen LogP contribution < -0.4 is 10.2 Å². The molecular formula is C26H29ClN8O3. The normalized spacial score (nSPS) is 23.0. The first-order valence-corrected chi connectivity index (χ1v) is 13.3. The van der Waals surface area contributed by atoms with Crippen LogP contribution >= 0.6 is 11.6 Å². The van der Waals surface area contributed by atoms with Gasteiger partial charge in [-0.15, -0.1) is 0 Å². The molecule has 2 aliphatic carbocycles. The van der Waals surface area contributed by atoms with Crippen molar-refractivity contribution in [1.29, 1.82) is 5.41 Å². The highest BCUT2D eigenvalue weighted by molar-refractivity contribution is 6.30. The Morgan fingerprint density at radius 3 is 2.79 bits per heavy atom. The zero-order valence-corrected chi connectivity index (χ0v) is 22.0. The van der Waals surface area contributed by atoms with Gasteiger partial charge in [-0.25, -0.2) is 14.8 Å². The third-order valence-electron chi connectivity index (χ3n) is 7.71. The largest absolute Gasteiger partial charge is 0.491 e. The van der Waals surface area contributed by atoms with E-state index >= 15 is 0 Å². The minimum Gasteiger partial charge on any atom is -0.491 e. The molecule has 4 heterocycles. The fraction of sp³-hybridized carbons (Fsp3) is 0.462. The highest BCUT2D eigenvalue weighted by Crippen LogP contribution is 2.45. The fourth-order valence-corrected chi connectivity index (χ4v) is 6.19. The molecule has 38 heavy (non-hydrogen) atoms. The van der Waals surface area contributed by atoms with Gasteiger partial charge in [0.25, 0.3) is 0 Å². The van der Waals surface area contributed by atoms with Crippen LogP contribution in [0.1, 0.15) is 57.7 Å². The molecule has 0 radical (unpaired) electrons. The second-order valence-corrected chi connectivity index (χ2v) is 10.7. The van der Waals surface area contributed by atoms with Crippen molar-refractivity contribution < 1.29 is 14.6 Å². The number of halogens is 1. The average molecular weight is 537 g/mol. The summed E-state index contributed by atoms with van der Waals surface area (Å²) in [5, 5.41) is 19.9. The van der Waals surface area contributed by atoms with Crippen molar-refractivity contribution in [3.8, 4) is 11.3 Å². The Morgan fingerprint density at radius 1 is 1.18 bits per heavy atom. The average Bonchev–Trinajstić information content (AvgIpc) is 3.22. The topological polar surface area (TPSA) is 142 Å². The SMILES string of the molecule is C[C@H]1CCCC2=C1OC1CCCCC1N2c1nc2nc(C(=N)NC(=O)O)nc(-c3cncc(Cl)c3)c2n1C. The van der Waals surface area contributed by atoms with Crippen molar-refractivity contribution in [2.24, 2.45) is 13.0 Å². The molecule has 1 fully saturated rings. The molecule has 12 heteroatoms. The molecule has 1 aliphatic heterocycles. The molecule has 6 rings (SSSR count). The number of aryl methyl sites for hydroxylation is 1. The van der Waals surface area contributed by atoms with E-state index < -0.39 is 11.9 Å². The van der Waals surface area contributed by atoms with Crippen LogP contribution in [0.25, 0.3) is 22.4 Å². The van der Waals surface area contributed by atoms with Crippen molar-refractivity contribution in [3.05, 3.63) is 40.8 Å². The zero-order chi connectivity index (χ0) is 26.6. The number of hydrogen-bond acceptors (Lipinski definition) is 8. The molecule has 198 valence electrons. The van der Waals surface area contributed by atoms with Crippen molar-refractivity contribution in [2.75, 3.05) is 4.90 Å². The number of amides is 1. The van der Waals surface area contributed by atoms with Gasteiger partial charge in [-0.1, -0.05) is 24.9 Å². The van der Waals surface area contributed by atoms with Crippen LogP contribution in [0.15, 0.2) is 29.9 Å². The lowest BCUT2D eigenvalue weighted by Crippen LogP contribution is -2.52. The molecule has 3 atom stereocenters. The zero-order valence-electron chi connectivity index (χ0n) is 21.2. The highest BCUT2D eigenvalue weighted by atomic mass is 35.5. The van der Waals surface area contributed by atoms with Gasteiger partial charge in [0, 0.05) is 30.9 Å². The van der Waals surface area contributed by atoms with Gasteiger partial charge in [-0.3, -0.25) is 15.7 Å². The Morgan fingerprint density at radius 2 is 2.00 bits per heavy atom. The second kappa shape index (κ2) is 9.54. The van der Waals surface area contributed by atoms with Gasteiger partial charge in [0.1, 0.15) is 23.1 Å². The van der Waals surface area contributed by atoms with Crippen molar-refractivity contribution in [3.63, 3.8) is 0 Å². The monoisotopic (exact) mass is 536 g/mol. The summed E-state index contributed by atoms with van der Waals surface area (Å²) in [6.07, 6.45) is 9.30. The van der Waals surface area contributed by atoms with Crippen LogP contribution in [0.3, 0.4) is 0 Å². The van der Waals surface area contributed by atoms with Crippen LogP contribution in [0.4, 0.5) is 10.7 Å². The maximum absolute atomic E-state index is 11.2. The number of allylic oxidation sites excluding steroid dienone is 2. The lowest BCUT2D eigenvalue weighted by Gasteiger charge is -2.48. The van der Waals surface area contributed by atoms with E-state index in [-0.39, 0.29) is 18.0 Å². The number of aromatic nitrogens is 5. The Labute approximate surface area is 224 Å². The molecular weight excluding hydrogens is 508 g/mol. The maximum atomic E-state index is 11.2. The van der Waals surface area contributed by atoms with Gasteiger partial charge >= 0.3 is 6.09 Å². The molecule has 3 aromatic rings. The Bertz CT molecular complexity index is 1480. The molecule has 3 N–H and O–H groups in total. The maximum Gasteiger partial charge on any atom is 0.410 e. The number of ether oxygens (including phenoxy) is 1. The first-order valence-electron chi connectivity index (χ1n) is 12.9. The highest BCUT2D eigenvalue weighted by Gasteiger charge is 2.43. The Hall–Kier alpha value is -3.73. The number of pyridine rings is 1. The molecule has 1 amide bonds. The number of imidazole rings is 1. The van der Waals surface area contributed by atoms with Crippen molar-refractivity contribution >= 4 is 40.6 Å². The quantitative estimate of drug-likeness (QED) is 0.318. The van der Waals surface area contributed by atoms with E-state index in [1.165, 1.54) is 11.9 Å². The smallest absolute Gasteiger partial charge is 0.410 e. The van der Waals surface area contributed by atoms with Crippen LogP contribution in [-0.4, -0.2) is 53.7 Å². The predicted octanol–water partition coefficient (Wildman–Crippen LogP) is 4.85. The van der Waals surface area contributed by atoms with E-state index in [0.717, 1.165) is 56.7 Å². The van der Waals surface area contributed by atoms with Gasteiger partial charge in [0.2, 0.25) is 5.95 Å². The first kappa shape index (κ1) is 24.6. The number of carbonyl (C=O) groups is 1. The number of anilines is 1. The van der Waals surface area contributed by atoms with E-state index in [9.17, 15) is 4.79 Å². The number of rotatable bonds is 3. The van der Waals surface area contributed by atoms with Gasteiger partial charge in [-0.2, -0.15) is 4.98 Å². The number of fused-ring (bicyclic) bond motifs is 2. The molecule has 0 aromatic carbocycles. The van der Waals surface area contributed by atoms with E-state index in [1.54, 1.807) is 12.3 Å². The summed E-state index contributed by atoms with van der Waals surface area (Å²) in [5.74, 6) is 1.64. The van der Waals surface area contributed by atoms with E-state index in [4.69, 9.17) is 31.8 Å². The molecule has 0 bridgehead atoms. The number of hydrogen-bond donors (Lipinski definition) is 3. The first-order chi connectivity index (χ1) is 18.3. The summed E-state index contributed by atoms with van der Waals surface area (Å²) < 4.78 is 8.61. The summed E-state index contributed by atoms with van der Waals surface area (Å²) in [6.45, 7) is 2.23. The van der Waals surface area contributed by atoms with Crippen LogP contribution in [-0.2, 0) is 11.8 Å². The summed E-state index contributed by atoms with van der Waals surface area (Å²) in [6, 6.07) is 1.90. The Kier molecular flexibility index (Phi) is 6.17. The standard InChI is InChI=1S/C26H29ClN8O3/c1-13-6-5-8-17-21(13)38-18-9-4-3-7-16(18)35(17)25-33-23-20(34(25)2)19(14-10-15(27)12-29-11-14)30-24(32-23)22(28)31-26(36)37/h10-13,16,18H,3-9H2,1-2H3,(H2,28,31)(H,36,37)/t13-,16?,18?/m0/s1. The van der Waals surface area contributed by atoms with Crippen molar-refractivity contribution in [2.45, 2.75) is 64.0 Å². The van der Waals surface area contributed by atoms with Crippen LogP contribution in [0.5, 0.6) is 0 Å². The van der Waals surface area contributed by atoms with E-state index in [2.05, 4.69) is 26.8 Å². The fourth-order valence-electron chi connectivity index (χ4n) is 6.01. The summed E-state index contributed by atoms with van der Waals surface area (Å²) in [7, 11) is 1.94. The van der Waals surface area contributed by atoms with Gasteiger partial charge in [0.05, 0.1) is 16.8 Å². The number of nitrogens with zero attached hydrogens (tertiary/aromatic N) is 6. The molecule has 2 unspecified atom stereocenters.